The Morgan fingerprint density at radius 3 is 1.90 bits per heavy atom. The fourth-order valence-electron chi connectivity index (χ4n) is 8.15. The zero-order valence-electron chi connectivity index (χ0n) is 27.6. The van der Waals surface area contributed by atoms with Gasteiger partial charge in [0.1, 0.15) is 22.7 Å². The molecule has 2 aromatic heterocycles. The average Bonchev–Trinajstić information content (AvgIpc) is 3.70. The van der Waals surface area contributed by atoms with Crippen LogP contribution >= 0.6 is 0 Å². The van der Waals surface area contributed by atoms with Gasteiger partial charge in [0.15, 0.2) is 0 Å². The van der Waals surface area contributed by atoms with Gasteiger partial charge in [-0.2, -0.15) is 0 Å². The molecule has 0 fully saturated rings. The molecule has 0 amide bonds. The predicted octanol–water partition coefficient (Wildman–Crippen LogP) is 13.0. The second-order valence-corrected chi connectivity index (χ2v) is 13.8. The van der Waals surface area contributed by atoms with Gasteiger partial charge in [-0.25, -0.2) is 0 Å². The minimum atomic E-state index is 0.452. The lowest BCUT2D eigenvalue weighted by atomic mass is 9.91. The molecule has 0 spiro atoms. The van der Waals surface area contributed by atoms with Crippen LogP contribution in [-0.2, 0) is 12.8 Å². The van der Waals surface area contributed by atoms with E-state index >= 15 is 0 Å². The number of furan rings is 2. The van der Waals surface area contributed by atoms with Crippen molar-refractivity contribution in [3.05, 3.63) is 150 Å². The minimum Gasteiger partial charge on any atom is -0.460 e. The Balaban J connectivity index is 1.25. The van der Waals surface area contributed by atoms with Crippen molar-refractivity contribution >= 4 is 72.7 Å². The van der Waals surface area contributed by atoms with Crippen molar-refractivity contribution in [3.63, 3.8) is 0 Å². The zero-order chi connectivity index (χ0) is 32.6. The van der Waals surface area contributed by atoms with E-state index in [1.54, 1.807) is 0 Å². The molecule has 2 unspecified atom stereocenters. The van der Waals surface area contributed by atoms with Gasteiger partial charge in [-0.1, -0.05) is 117 Å². The summed E-state index contributed by atoms with van der Waals surface area (Å²) in [6.45, 7) is 4.50. The van der Waals surface area contributed by atoms with Crippen LogP contribution in [0.25, 0.3) is 66.8 Å². The first-order valence-electron chi connectivity index (χ1n) is 17.4. The largest absolute Gasteiger partial charge is 0.460 e. The van der Waals surface area contributed by atoms with Gasteiger partial charge in [0, 0.05) is 45.8 Å². The molecule has 3 heteroatoms. The van der Waals surface area contributed by atoms with Crippen LogP contribution in [0.3, 0.4) is 0 Å². The van der Waals surface area contributed by atoms with E-state index in [1.807, 2.05) is 0 Å². The molecule has 0 radical (unpaired) electrons. The first-order valence-corrected chi connectivity index (χ1v) is 17.4. The number of rotatable bonds is 4. The van der Waals surface area contributed by atoms with E-state index in [0.29, 0.717) is 11.8 Å². The number of anilines is 3. The highest BCUT2D eigenvalue weighted by Crippen LogP contribution is 2.48. The van der Waals surface area contributed by atoms with E-state index < -0.39 is 0 Å². The Kier molecular flexibility index (Phi) is 6.26. The van der Waals surface area contributed by atoms with Gasteiger partial charge in [-0.05, 0) is 70.1 Å². The number of benzene rings is 6. The van der Waals surface area contributed by atoms with Crippen LogP contribution in [0.15, 0.2) is 136 Å². The number of allylic oxidation sites excluding steroid dienone is 2. The van der Waals surface area contributed by atoms with Gasteiger partial charge in [0.2, 0.25) is 0 Å². The zero-order valence-corrected chi connectivity index (χ0v) is 27.6. The molecule has 0 bridgehead atoms. The first kappa shape index (κ1) is 28.2. The molecule has 10 rings (SSSR count). The highest BCUT2D eigenvalue weighted by molar-refractivity contribution is 6.24. The predicted molar refractivity (Wildman–Crippen MR) is 205 cm³/mol. The van der Waals surface area contributed by atoms with Gasteiger partial charge >= 0.3 is 0 Å². The maximum absolute atomic E-state index is 6.55. The molecule has 2 aliphatic rings. The van der Waals surface area contributed by atoms with Crippen molar-refractivity contribution in [1.82, 2.24) is 0 Å². The third kappa shape index (κ3) is 4.42. The highest BCUT2D eigenvalue weighted by atomic mass is 16.3. The van der Waals surface area contributed by atoms with E-state index in [2.05, 4.69) is 158 Å². The lowest BCUT2D eigenvalue weighted by Gasteiger charge is -2.28. The number of hydrogen-bond donors (Lipinski definition) is 0. The third-order valence-corrected chi connectivity index (χ3v) is 10.5. The van der Waals surface area contributed by atoms with Crippen LogP contribution in [0.2, 0.25) is 0 Å². The molecule has 0 aliphatic heterocycles. The number of hydrogen-bond acceptors (Lipinski definition) is 3. The molecule has 2 heterocycles. The van der Waals surface area contributed by atoms with Gasteiger partial charge in [0.05, 0.1) is 16.8 Å². The summed E-state index contributed by atoms with van der Waals surface area (Å²) >= 11 is 0. The fraction of sp³-hybridized carbons (Fsp3) is 0.130. The Morgan fingerprint density at radius 2 is 1.14 bits per heavy atom. The summed E-state index contributed by atoms with van der Waals surface area (Å²) < 4.78 is 13.1. The summed E-state index contributed by atoms with van der Waals surface area (Å²) in [6, 6.07) is 41.7. The van der Waals surface area contributed by atoms with E-state index in [0.717, 1.165) is 58.0 Å². The van der Waals surface area contributed by atoms with Crippen LogP contribution in [0.5, 0.6) is 0 Å². The molecule has 0 saturated carbocycles. The summed E-state index contributed by atoms with van der Waals surface area (Å²) in [4.78, 5) is 2.43. The van der Waals surface area contributed by atoms with Gasteiger partial charge in [-0.15, -0.1) is 0 Å². The lowest BCUT2D eigenvalue weighted by molar-refractivity contribution is 0.513. The standard InChI is InChI=1S/C46H35NO2/c1-28-14-22-36-42(26-28)48-40-13-7-12-39(45(36)40)47(33-20-16-31(17-21-33)30-8-4-3-5-9-30)38-11-6-10-35-34(38)24-18-32-19-25-41-46(44(32)35)37-23-15-29(2)27-43(37)49-41/h3-25,28-29H,26-27H2,1-2H3. The first-order chi connectivity index (χ1) is 24.1. The molecule has 3 nitrogen and oxygen atoms in total. The molecule has 8 aromatic rings. The fourth-order valence-corrected chi connectivity index (χ4v) is 8.15. The van der Waals surface area contributed by atoms with Crippen molar-refractivity contribution in [3.8, 4) is 11.1 Å². The second kappa shape index (κ2) is 10.9. The van der Waals surface area contributed by atoms with Crippen LogP contribution in [-0.4, -0.2) is 0 Å². The summed E-state index contributed by atoms with van der Waals surface area (Å²) in [5, 5.41) is 7.24. The SMILES string of the molecule is CC1C=Cc2c(oc3cccc(N(c4ccc(-c5ccccc5)cc4)c4cccc5c4ccc4ccc6oc7c(c6c45)C=CC(C)C7)c23)C1. The Labute approximate surface area is 285 Å². The van der Waals surface area contributed by atoms with E-state index in [4.69, 9.17) is 8.83 Å². The maximum Gasteiger partial charge on any atom is 0.137 e. The second-order valence-electron chi connectivity index (χ2n) is 13.8. The summed E-state index contributed by atoms with van der Waals surface area (Å²) in [5.41, 5.74) is 10.0. The Morgan fingerprint density at radius 1 is 0.510 bits per heavy atom. The quantitative estimate of drug-likeness (QED) is 0.181. The maximum atomic E-state index is 6.55. The monoisotopic (exact) mass is 633 g/mol. The molecular weight excluding hydrogens is 599 g/mol. The molecule has 0 N–H and O–H groups in total. The van der Waals surface area contributed by atoms with Crippen molar-refractivity contribution in [1.29, 1.82) is 0 Å². The lowest BCUT2D eigenvalue weighted by Crippen LogP contribution is -2.11. The molecular formula is C46H35NO2. The van der Waals surface area contributed by atoms with Crippen LogP contribution < -0.4 is 4.90 Å². The van der Waals surface area contributed by atoms with E-state index in [9.17, 15) is 0 Å². The topological polar surface area (TPSA) is 29.5 Å². The van der Waals surface area contributed by atoms with Gasteiger partial charge < -0.3 is 13.7 Å². The average molecular weight is 634 g/mol. The van der Waals surface area contributed by atoms with Gasteiger partial charge in [-0.3, -0.25) is 0 Å². The third-order valence-electron chi connectivity index (χ3n) is 10.5. The Hall–Kier alpha value is -5.80. The Bertz CT molecular complexity index is 2630. The van der Waals surface area contributed by atoms with E-state index in [-0.39, 0.29) is 0 Å². The summed E-state index contributed by atoms with van der Waals surface area (Å²) in [6.07, 6.45) is 11.0. The van der Waals surface area contributed by atoms with E-state index in [1.165, 1.54) is 49.2 Å². The molecule has 2 aliphatic carbocycles. The minimum absolute atomic E-state index is 0.452. The summed E-state index contributed by atoms with van der Waals surface area (Å²) in [5.74, 6) is 3.08. The van der Waals surface area contributed by atoms with Gasteiger partial charge in [0.25, 0.3) is 0 Å². The highest BCUT2D eigenvalue weighted by Gasteiger charge is 2.26. The normalized spacial score (nSPS) is 16.9. The number of nitrogens with zero attached hydrogens (tertiary/aromatic N) is 1. The van der Waals surface area contributed by atoms with Crippen molar-refractivity contribution in [2.45, 2.75) is 26.7 Å². The molecule has 2 atom stereocenters. The summed E-state index contributed by atoms with van der Waals surface area (Å²) in [7, 11) is 0. The van der Waals surface area contributed by atoms with Crippen molar-refractivity contribution in [2.24, 2.45) is 11.8 Å². The molecule has 6 aromatic carbocycles. The molecule has 49 heavy (non-hydrogen) atoms. The van der Waals surface area contributed by atoms with Crippen molar-refractivity contribution in [2.75, 3.05) is 4.90 Å². The smallest absolute Gasteiger partial charge is 0.137 e. The number of fused-ring (bicyclic) bond motifs is 10. The van der Waals surface area contributed by atoms with Crippen LogP contribution in [0.1, 0.15) is 36.5 Å². The van der Waals surface area contributed by atoms with Crippen molar-refractivity contribution < 1.29 is 8.83 Å². The molecule has 236 valence electrons. The molecule has 0 saturated heterocycles. The van der Waals surface area contributed by atoms with Crippen LogP contribution in [0.4, 0.5) is 17.1 Å². The van der Waals surface area contributed by atoms with Crippen LogP contribution in [0, 0.1) is 11.8 Å².